The second-order valence-corrected chi connectivity index (χ2v) is 9.48. The Morgan fingerprint density at radius 1 is 1.26 bits per heavy atom. The van der Waals surface area contributed by atoms with E-state index in [1.54, 1.807) is 4.90 Å². The van der Waals surface area contributed by atoms with Crippen molar-refractivity contribution in [2.45, 2.75) is 45.6 Å². The molecule has 1 aliphatic rings. The van der Waals surface area contributed by atoms with E-state index in [9.17, 15) is 14.7 Å². The Morgan fingerprint density at radius 3 is 2.55 bits per heavy atom. The zero-order valence-corrected chi connectivity index (χ0v) is 19.3. The number of H-pyrrole nitrogens is 1. The highest BCUT2D eigenvalue weighted by Crippen LogP contribution is 2.45. The summed E-state index contributed by atoms with van der Waals surface area (Å²) in [4.78, 5) is 32.5. The number of carboxylic acids is 1. The van der Waals surface area contributed by atoms with Gasteiger partial charge >= 0.3 is 12.0 Å². The van der Waals surface area contributed by atoms with Crippen LogP contribution in [0.3, 0.4) is 0 Å². The molecule has 3 rings (SSSR count). The summed E-state index contributed by atoms with van der Waals surface area (Å²) < 4.78 is 0. The number of carboxylic acid groups (broad SMARTS) is 1. The lowest BCUT2D eigenvalue weighted by Crippen LogP contribution is -2.53. The van der Waals surface area contributed by atoms with Crippen LogP contribution in [0.25, 0.3) is 16.5 Å². The van der Waals surface area contributed by atoms with Crippen molar-refractivity contribution >= 4 is 28.5 Å². The Bertz CT molecular complexity index is 1000. The molecule has 168 valence electrons. The van der Waals surface area contributed by atoms with Crippen molar-refractivity contribution in [3.63, 3.8) is 0 Å². The Balaban J connectivity index is 2.11. The molecule has 0 aliphatic carbocycles. The second-order valence-electron chi connectivity index (χ2n) is 9.48. The number of nitrogens with zero attached hydrogens (tertiary/aromatic N) is 2. The molecule has 0 saturated heterocycles. The molecule has 1 aromatic heterocycles. The van der Waals surface area contributed by atoms with E-state index in [2.05, 4.69) is 42.9 Å². The SMILES string of the molecule is CC(C)C1N(C(=O)NCCCN(C)C)C=C(C(=O)O)c2[nH]c3ccccc3c2C1(C)C. The number of hydrogen-bond donors (Lipinski definition) is 3. The molecule has 0 spiro atoms. The maximum absolute atomic E-state index is 13.3. The number of amides is 2. The zero-order valence-electron chi connectivity index (χ0n) is 19.3. The van der Waals surface area contributed by atoms with E-state index in [1.165, 1.54) is 6.20 Å². The van der Waals surface area contributed by atoms with Crippen LogP contribution in [0.4, 0.5) is 4.79 Å². The highest BCUT2D eigenvalue weighted by molar-refractivity contribution is 6.17. The molecule has 3 N–H and O–H groups in total. The van der Waals surface area contributed by atoms with Gasteiger partial charge < -0.3 is 20.3 Å². The van der Waals surface area contributed by atoms with E-state index in [-0.39, 0.29) is 23.6 Å². The minimum atomic E-state index is -1.06. The quantitative estimate of drug-likeness (QED) is 0.612. The average molecular weight is 427 g/mol. The molecule has 1 aromatic carbocycles. The summed E-state index contributed by atoms with van der Waals surface area (Å²) in [6, 6.07) is 7.37. The number of rotatable bonds is 6. The number of aliphatic carboxylic acids is 1. The van der Waals surface area contributed by atoms with E-state index >= 15 is 0 Å². The number of benzene rings is 1. The Kier molecular flexibility index (Phi) is 6.46. The molecule has 2 heterocycles. The number of para-hydroxylation sites is 1. The molecule has 7 heteroatoms. The van der Waals surface area contributed by atoms with Crippen LogP contribution in [-0.4, -0.2) is 65.1 Å². The molecule has 1 aliphatic heterocycles. The standard InChI is InChI=1S/C24H34N4O3/c1-15(2)21-24(3,4)19-16-10-7-8-11-18(16)26-20(19)17(22(29)30)14-28(21)23(31)25-12-9-13-27(5)6/h7-8,10-11,14-15,21,26H,9,12-13H2,1-6H3,(H,25,31)(H,29,30). The van der Waals surface area contributed by atoms with E-state index in [0.717, 1.165) is 29.4 Å². The van der Waals surface area contributed by atoms with Gasteiger partial charge in [0.2, 0.25) is 0 Å². The van der Waals surface area contributed by atoms with Crippen molar-refractivity contribution in [1.82, 2.24) is 20.1 Å². The second kappa shape index (κ2) is 8.75. The van der Waals surface area contributed by atoms with Gasteiger partial charge in [-0.3, -0.25) is 4.90 Å². The number of urea groups is 1. The van der Waals surface area contributed by atoms with Gasteiger partial charge in [0, 0.05) is 35.1 Å². The first-order chi connectivity index (χ1) is 14.6. The van der Waals surface area contributed by atoms with E-state index < -0.39 is 11.4 Å². The molecule has 7 nitrogen and oxygen atoms in total. The number of fused-ring (bicyclic) bond motifs is 3. The fourth-order valence-corrected chi connectivity index (χ4v) is 4.98. The Hall–Kier alpha value is -2.80. The monoisotopic (exact) mass is 426 g/mol. The van der Waals surface area contributed by atoms with Gasteiger partial charge in [-0.1, -0.05) is 45.9 Å². The summed E-state index contributed by atoms with van der Waals surface area (Å²) in [6.45, 7) is 9.75. The van der Waals surface area contributed by atoms with Gasteiger partial charge in [-0.15, -0.1) is 0 Å². The normalized spacial score (nSPS) is 18.1. The van der Waals surface area contributed by atoms with Crippen LogP contribution in [-0.2, 0) is 10.2 Å². The van der Waals surface area contributed by atoms with Crippen molar-refractivity contribution in [2.75, 3.05) is 27.2 Å². The van der Waals surface area contributed by atoms with Crippen LogP contribution < -0.4 is 5.32 Å². The first kappa shape index (κ1) is 22.9. The maximum atomic E-state index is 13.3. The zero-order chi connectivity index (χ0) is 22.9. The molecule has 0 radical (unpaired) electrons. The molecular weight excluding hydrogens is 392 g/mol. The third-order valence-electron chi connectivity index (χ3n) is 6.08. The Morgan fingerprint density at radius 2 is 1.94 bits per heavy atom. The average Bonchev–Trinajstić information content (AvgIpc) is 3.02. The molecular formula is C24H34N4O3. The van der Waals surface area contributed by atoms with Gasteiger partial charge in [0.25, 0.3) is 0 Å². The van der Waals surface area contributed by atoms with Crippen LogP contribution in [0.5, 0.6) is 0 Å². The van der Waals surface area contributed by atoms with Crippen LogP contribution in [0.1, 0.15) is 45.4 Å². The van der Waals surface area contributed by atoms with Gasteiger partial charge in [0.15, 0.2) is 0 Å². The minimum Gasteiger partial charge on any atom is -0.478 e. The molecule has 1 atom stereocenters. The van der Waals surface area contributed by atoms with Crippen LogP contribution in [0.2, 0.25) is 0 Å². The fraction of sp³-hybridized carbons (Fsp3) is 0.500. The molecule has 31 heavy (non-hydrogen) atoms. The van der Waals surface area contributed by atoms with Crippen LogP contribution >= 0.6 is 0 Å². The first-order valence-electron chi connectivity index (χ1n) is 10.8. The summed E-state index contributed by atoms with van der Waals surface area (Å²) in [5, 5.41) is 14.0. The predicted molar refractivity (Wildman–Crippen MR) is 124 cm³/mol. The van der Waals surface area contributed by atoms with Crippen molar-refractivity contribution in [2.24, 2.45) is 5.92 Å². The highest BCUT2D eigenvalue weighted by atomic mass is 16.4. The van der Waals surface area contributed by atoms with E-state index in [4.69, 9.17) is 0 Å². The van der Waals surface area contributed by atoms with Gasteiger partial charge in [0.1, 0.15) is 0 Å². The van der Waals surface area contributed by atoms with Crippen LogP contribution in [0.15, 0.2) is 30.5 Å². The molecule has 0 saturated carbocycles. The van der Waals surface area contributed by atoms with E-state index in [0.29, 0.717) is 12.2 Å². The minimum absolute atomic E-state index is 0.103. The Labute approximate surface area is 184 Å². The molecule has 2 amide bonds. The largest absolute Gasteiger partial charge is 0.478 e. The van der Waals surface area contributed by atoms with Gasteiger partial charge in [0.05, 0.1) is 11.3 Å². The fourth-order valence-electron chi connectivity index (χ4n) is 4.98. The molecule has 1 unspecified atom stereocenters. The summed E-state index contributed by atoms with van der Waals surface area (Å²) in [5.74, 6) is -0.952. The lowest BCUT2D eigenvalue weighted by Gasteiger charge is -2.42. The van der Waals surface area contributed by atoms with Crippen molar-refractivity contribution in [3.8, 4) is 0 Å². The lowest BCUT2D eigenvalue weighted by atomic mass is 9.72. The smallest absolute Gasteiger partial charge is 0.339 e. The highest BCUT2D eigenvalue weighted by Gasteiger charge is 2.45. The predicted octanol–water partition coefficient (Wildman–Crippen LogP) is 3.87. The number of nitrogens with one attached hydrogen (secondary N) is 2. The van der Waals surface area contributed by atoms with E-state index in [1.807, 2.05) is 38.4 Å². The third-order valence-corrected chi connectivity index (χ3v) is 6.08. The van der Waals surface area contributed by atoms with Crippen LogP contribution in [0, 0.1) is 5.92 Å². The van der Waals surface area contributed by atoms with Crippen molar-refractivity contribution in [1.29, 1.82) is 0 Å². The van der Waals surface area contributed by atoms with Gasteiger partial charge in [-0.25, -0.2) is 9.59 Å². The molecule has 0 fully saturated rings. The third kappa shape index (κ3) is 4.32. The molecule has 2 aromatic rings. The number of carbonyl (C=O) groups is 2. The topological polar surface area (TPSA) is 88.7 Å². The first-order valence-corrected chi connectivity index (χ1v) is 10.8. The summed E-state index contributed by atoms with van der Waals surface area (Å²) in [5.41, 5.74) is 2.03. The number of aromatic amines is 1. The lowest BCUT2D eigenvalue weighted by molar-refractivity contribution is -0.130. The van der Waals surface area contributed by atoms with Gasteiger partial charge in [-0.2, -0.15) is 0 Å². The number of carbonyl (C=O) groups excluding carboxylic acids is 1. The van der Waals surface area contributed by atoms with Crippen molar-refractivity contribution < 1.29 is 14.7 Å². The number of hydrogen-bond acceptors (Lipinski definition) is 3. The number of aromatic nitrogens is 1. The maximum Gasteiger partial charge on any atom is 0.339 e. The van der Waals surface area contributed by atoms with Crippen molar-refractivity contribution in [3.05, 3.63) is 41.7 Å². The summed E-state index contributed by atoms with van der Waals surface area (Å²) in [7, 11) is 3.99. The van der Waals surface area contributed by atoms with Gasteiger partial charge in [-0.05, 0) is 44.6 Å². The summed E-state index contributed by atoms with van der Waals surface area (Å²) in [6.07, 6.45) is 2.33. The summed E-state index contributed by atoms with van der Waals surface area (Å²) >= 11 is 0. The molecule has 0 bridgehead atoms.